The number of aromatic nitrogens is 4. The third kappa shape index (κ3) is 3.42. The van der Waals surface area contributed by atoms with Crippen molar-refractivity contribution < 1.29 is 13.2 Å². The first-order chi connectivity index (χ1) is 13.5. The molecule has 3 aromatic heterocycles. The van der Waals surface area contributed by atoms with E-state index in [4.69, 9.17) is 4.74 Å². The predicted molar refractivity (Wildman–Crippen MR) is 106 cm³/mol. The molecular formula is C19H23N5O3S. The molecule has 0 unspecified atom stereocenters. The molecule has 9 heteroatoms. The number of nitrogens with zero attached hydrogens (tertiary/aromatic N) is 4. The maximum Gasteiger partial charge on any atom is 0.232 e. The fraction of sp³-hybridized carbons (Fsp3) is 0.421. The van der Waals surface area contributed by atoms with Gasteiger partial charge in [-0.15, -0.1) is 0 Å². The minimum Gasteiger partial charge on any atom is -0.477 e. The summed E-state index contributed by atoms with van der Waals surface area (Å²) in [5, 5.41) is 0.970. The van der Waals surface area contributed by atoms with Crippen LogP contribution in [0.25, 0.3) is 11.0 Å². The van der Waals surface area contributed by atoms with E-state index in [0.717, 1.165) is 29.7 Å². The summed E-state index contributed by atoms with van der Waals surface area (Å²) >= 11 is 0. The van der Waals surface area contributed by atoms with Crippen molar-refractivity contribution in [1.29, 1.82) is 0 Å². The second-order valence-electron chi connectivity index (χ2n) is 7.06. The molecule has 0 saturated heterocycles. The zero-order valence-electron chi connectivity index (χ0n) is 15.9. The summed E-state index contributed by atoms with van der Waals surface area (Å²) in [7, 11) is -1.45. The van der Waals surface area contributed by atoms with Gasteiger partial charge in [0.2, 0.25) is 5.88 Å². The second-order valence-corrected chi connectivity index (χ2v) is 9.06. The molecule has 0 aliphatic heterocycles. The number of fused-ring (bicyclic) bond motifs is 1. The molecule has 1 aliphatic rings. The molecule has 1 saturated carbocycles. The van der Waals surface area contributed by atoms with Crippen molar-refractivity contribution >= 4 is 26.7 Å². The minimum absolute atomic E-state index is 0.104. The number of aromatic amines is 1. The average Bonchev–Trinajstić information content (AvgIpc) is 3.13. The molecule has 8 nitrogen and oxygen atoms in total. The quantitative estimate of drug-likeness (QED) is 0.649. The number of pyridine rings is 1. The lowest BCUT2D eigenvalue weighted by Gasteiger charge is -2.41. The smallest absolute Gasteiger partial charge is 0.232 e. The van der Waals surface area contributed by atoms with Gasteiger partial charge in [-0.3, -0.25) is 0 Å². The van der Waals surface area contributed by atoms with Gasteiger partial charge < -0.3 is 14.6 Å². The highest BCUT2D eigenvalue weighted by atomic mass is 32.2. The van der Waals surface area contributed by atoms with Gasteiger partial charge in [0.15, 0.2) is 9.84 Å². The molecule has 0 aromatic carbocycles. The highest BCUT2D eigenvalue weighted by Crippen LogP contribution is 2.37. The Morgan fingerprint density at radius 3 is 2.86 bits per heavy atom. The highest BCUT2D eigenvalue weighted by Gasteiger charge is 2.37. The monoisotopic (exact) mass is 401 g/mol. The fourth-order valence-electron chi connectivity index (χ4n) is 3.72. The van der Waals surface area contributed by atoms with E-state index in [0.29, 0.717) is 6.61 Å². The molecular weight excluding hydrogens is 378 g/mol. The van der Waals surface area contributed by atoms with Crippen LogP contribution in [-0.4, -0.2) is 53.8 Å². The molecule has 1 fully saturated rings. The lowest BCUT2D eigenvalue weighted by Crippen LogP contribution is -2.45. The van der Waals surface area contributed by atoms with Crippen LogP contribution in [0.1, 0.15) is 19.8 Å². The van der Waals surface area contributed by atoms with Crippen molar-refractivity contribution in [2.24, 2.45) is 5.92 Å². The first-order valence-corrected chi connectivity index (χ1v) is 11.0. The van der Waals surface area contributed by atoms with Crippen LogP contribution in [0, 0.1) is 5.92 Å². The summed E-state index contributed by atoms with van der Waals surface area (Å²) in [6.45, 7) is 2.19. The minimum atomic E-state index is -3.45. The van der Waals surface area contributed by atoms with Crippen molar-refractivity contribution in [2.75, 3.05) is 24.3 Å². The fourth-order valence-corrected chi connectivity index (χ4v) is 5.46. The largest absolute Gasteiger partial charge is 0.477 e. The van der Waals surface area contributed by atoms with Crippen molar-refractivity contribution in [3.63, 3.8) is 0 Å². The van der Waals surface area contributed by atoms with Gasteiger partial charge in [0.05, 0.1) is 17.7 Å². The normalized spacial score (nSPS) is 19.4. The van der Waals surface area contributed by atoms with Crippen LogP contribution in [0.3, 0.4) is 0 Å². The van der Waals surface area contributed by atoms with Crippen molar-refractivity contribution in [2.45, 2.75) is 30.7 Å². The van der Waals surface area contributed by atoms with E-state index in [9.17, 15) is 8.42 Å². The Kier molecular flexibility index (Phi) is 4.92. The molecule has 0 amide bonds. The van der Waals surface area contributed by atoms with Crippen LogP contribution in [0.4, 0.5) is 5.82 Å². The molecule has 0 spiro atoms. The SMILES string of the molecule is CCOc1ncccc1S(=O)(=O)C[C@H]1C[C@@H](N(C)c2ncnc3[nH]ccc23)C1. The topological polar surface area (TPSA) is 101 Å². The summed E-state index contributed by atoms with van der Waals surface area (Å²) < 4.78 is 31.1. The first kappa shape index (κ1) is 18.7. The van der Waals surface area contributed by atoms with Gasteiger partial charge in [0, 0.05) is 25.5 Å². The standard InChI is InChI=1S/C19H23N5O3S/c1-3-27-19-16(5-4-7-21-19)28(25,26)11-13-9-14(10-13)24(2)18-15-6-8-20-17(15)22-12-23-18/h4-8,12-14H,3,9-11H2,1-2H3,(H,20,22,23)/t13-,14+. The third-order valence-electron chi connectivity index (χ3n) is 5.23. The average molecular weight is 401 g/mol. The summed E-state index contributed by atoms with van der Waals surface area (Å²) in [4.78, 5) is 18.1. The number of nitrogens with one attached hydrogen (secondary N) is 1. The maximum atomic E-state index is 12.9. The van der Waals surface area contributed by atoms with Gasteiger partial charge >= 0.3 is 0 Å². The van der Waals surface area contributed by atoms with E-state index >= 15 is 0 Å². The van der Waals surface area contributed by atoms with E-state index in [2.05, 4.69) is 24.8 Å². The number of hydrogen-bond donors (Lipinski definition) is 1. The van der Waals surface area contributed by atoms with Gasteiger partial charge in [-0.1, -0.05) is 0 Å². The van der Waals surface area contributed by atoms with Crippen LogP contribution in [0.2, 0.25) is 0 Å². The number of ether oxygens (including phenoxy) is 1. The summed E-state index contributed by atoms with van der Waals surface area (Å²) in [5.41, 5.74) is 0.801. The number of hydrogen-bond acceptors (Lipinski definition) is 7. The molecule has 0 atom stereocenters. The maximum absolute atomic E-state index is 12.9. The Morgan fingerprint density at radius 2 is 2.07 bits per heavy atom. The molecule has 4 rings (SSSR count). The van der Waals surface area contributed by atoms with Gasteiger partial charge in [-0.25, -0.2) is 23.4 Å². The van der Waals surface area contributed by atoms with Crippen molar-refractivity contribution in [3.8, 4) is 5.88 Å². The van der Waals surface area contributed by atoms with Gasteiger partial charge in [-0.05, 0) is 43.9 Å². The van der Waals surface area contributed by atoms with E-state index in [1.807, 2.05) is 26.2 Å². The van der Waals surface area contributed by atoms with E-state index < -0.39 is 9.84 Å². The molecule has 28 heavy (non-hydrogen) atoms. The number of anilines is 1. The second kappa shape index (κ2) is 7.38. The zero-order valence-corrected chi connectivity index (χ0v) is 16.7. The highest BCUT2D eigenvalue weighted by molar-refractivity contribution is 7.91. The van der Waals surface area contributed by atoms with E-state index in [1.165, 1.54) is 0 Å². The first-order valence-electron chi connectivity index (χ1n) is 9.31. The summed E-state index contributed by atoms with van der Waals surface area (Å²) in [5.74, 6) is 1.26. The van der Waals surface area contributed by atoms with E-state index in [1.54, 1.807) is 24.7 Å². The van der Waals surface area contributed by atoms with Crippen LogP contribution >= 0.6 is 0 Å². The van der Waals surface area contributed by atoms with Crippen LogP contribution in [0.5, 0.6) is 5.88 Å². The Morgan fingerprint density at radius 1 is 1.25 bits per heavy atom. The molecule has 0 radical (unpaired) electrons. The predicted octanol–water partition coefficient (Wildman–Crippen LogP) is 2.44. The lowest BCUT2D eigenvalue weighted by molar-refractivity contribution is 0.281. The van der Waals surface area contributed by atoms with Gasteiger partial charge in [-0.2, -0.15) is 0 Å². The van der Waals surface area contributed by atoms with Crippen molar-refractivity contribution in [3.05, 3.63) is 36.9 Å². The molecule has 3 heterocycles. The Hall–Kier alpha value is -2.68. The molecule has 1 aliphatic carbocycles. The van der Waals surface area contributed by atoms with Crippen LogP contribution in [-0.2, 0) is 9.84 Å². The van der Waals surface area contributed by atoms with Crippen LogP contribution < -0.4 is 9.64 Å². The Bertz CT molecular complexity index is 1080. The van der Waals surface area contributed by atoms with Gasteiger partial charge in [0.1, 0.15) is 22.7 Å². The Balaban J connectivity index is 1.44. The zero-order chi connectivity index (χ0) is 19.7. The van der Waals surface area contributed by atoms with Crippen molar-refractivity contribution in [1.82, 2.24) is 19.9 Å². The lowest BCUT2D eigenvalue weighted by atomic mass is 9.81. The number of rotatable bonds is 7. The molecule has 1 N–H and O–H groups in total. The van der Waals surface area contributed by atoms with Gasteiger partial charge in [0.25, 0.3) is 0 Å². The summed E-state index contributed by atoms with van der Waals surface area (Å²) in [6.07, 6.45) is 6.53. The van der Waals surface area contributed by atoms with E-state index in [-0.39, 0.29) is 28.5 Å². The Labute approximate surface area is 163 Å². The summed E-state index contributed by atoms with van der Waals surface area (Å²) in [6, 6.07) is 5.41. The molecule has 0 bridgehead atoms. The number of H-pyrrole nitrogens is 1. The molecule has 3 aromatic rings. The van der Waals surface area contributed by atoms with Crippen LogP contribution in [0.15, 0.2) is 41.8 Å². The third-order valence-corrected chi connectivity index (χ3v) is 7.12. The molecule has 148 valence electrons. The number of sulfone groups is 1.